The largest absolute Gasteiger partial charge is 0.464 e. The zero-order valence-corrected chi connectivity index (χ0v) is 17.7. The second kappa shape index (κ2) is 9.03. The molecule has 1 amide bonds. The van der Waals surface area contributed by atoms with Gasteiger partial charge in [0.25, 0.3) is 0 Å². The maximum absolute atomic E-state index is 13.2. The lowest BCUT2D eigenvalue weighted by Crippen LogP contribution is -2.38. The standard InChI is InChI=1S/C22H27FN2O4/c1-13(2)21(27)25(11-16-7-9-17(23)10-8-16)12-18(26)19-14(3)20(22(28)29-6)24(5)15(19)4/h7-10,13H,11-12H2,1-6H3. The average Bonchev–Trinajstić information content (AvgIpc) is 2.90. The molecule has 0 saturated heterocycles. The van der Waals surface area contributed by atoms with Crippen molar-refractivity contribution in [1.29, 1.82) is 0 Å². The molecule has 0 atom stereocenters. The summed E-state index contributed by atoms with van der Waals surface area (Å²) in [6.07, 6.45) is 0. The van der Waals surface area contributed by atoms with Crippen molar-refractivity contribution < 1.29 is 23.5 Å². The molecule has 29 heavy (non-hydrogen) atoms. The summed E-state index contributed by atoms with van der Waals surface area (Å²) in [6, 6.07) is 5.83. The number of Topliss-reactive ketones (excluding diaryl/α,β-unsaturated/α-hetero) is 1. The third kappa shape index (κ3) is 4.72. The van der Waals surface area contributed by atoms with E-state index in [1.54, 1.807) is 51.4 Å². The molecule has 0 aliphatic carbocycles. The molecule has 0 unspecified atom stereocenters. The van der Waals surface area contributed by atoms with Crippen molar-refractivity contribution in [3.63, 3.8) is 0 Å². The van der Waals surface area contributed by atoms with Crippen molar-refractivity contribution in [2.75, 3.05) is 13.7 Å². The van der Waals surface area contributed by atoms with E-state index in [-0.39, 0.29) is 36.5 Å². The Morgan fingerprint density at radius 1 is 1.14 bits per heavy atom. The molecule has 7 heteroatoms. The molecule has 1 heterocycles. The van der Waals surface area contributed by atoms with Crippen molar-refractivity contribution in [2.45, 2.75) is 34.2 Å². The molecule has 0 saturated carbocycles. The van der Waals surface area contributed by atoms with Gasteiger partial charge in [0.1, 0.15) is 11.5 Å². The van der Waals surface area contributed by atoms with Gasteiger partial charge in [-0.25, -0.2) is 9.18 Å². The Bertz CT molecular complexity index is 929. The van der Waals surface area contributed by atoms with Gasteiger partial charge >= 0.3 is 5.97 Å². The van der Waals surface area contributed by atoms with E-state index in [1.807, 2.05) is 0 Å². The molecule has 6 nitrogen and oxygen atoms in total. The van der Waals surface area contributed by atoms with Crippen LogP contribution < -0.4 is 0 Å². The van der Waals surface area contributed by atoms with Gasteiger partial charge in [0.15, 0.2) is 5.78 Å². The van der Waals surface area contributed by atoms with Gasteiger partial charge in [-0.3, -0.25) is 9.59 Å². The molecule has 156 valence electrons. The number of nitrogens with zero attached hydrogens (tertiary/aromatic N) is 2. The molecular formula is C22H27FN2O4. The van der Waals surface area contributed by atoms with Gasteiger partial charge in [0.05, 0.1) is 13.7 Å². The van der Waals surface area contributed by atoms with E-state index < -0.39 is 5.97 Å². The van der Waals surface area contributed by atoms with Crippen LogP contribution >= 0.6 is 0 Å². The first-order valence-corrected chi connectivity index (χ1v) is 9.39. The number of ether oxygens (including phenoxy) is 1. The number of ketones is 1. The van der Waals surface area contributed by atoms with Crippen LogP contribution in [-0.4, -0.2) is 40.8 Å². The fourth-order valence-corrected chi connectivity index (χ4v) is 3.41. The number of esters is 1. The summed E-state index contributed by atoms with van der Waals surface area (Å²) in [6.45, 7) is 7.03. The van der Waals surface area contributed by atoms with Crippen molar-refractivity contribution in [3.05, 3.63) is 58.2 Å². The second-order valence-electron chi connectivity index (χ2n) is 7.38. The number of carbonyl (C=O) groups is 3. The highest BCUT2D eigenvalue weighted by atomic mass is 19.1. The molecule has 0 N–H and O–H groups in total. The number of methoxy groups -OCH3 is 1. The van der Waals surface area contributed by atoms with E-state index in [2.05, 4.69) is 0 Å². The molecule has 1 aromatic carbocycles. The minimum absolute atomic E-state index is 0.138. The molecule has 2 rings (SSSR count). The van der Waals surface area contributed by atoms with Crippen molar-refractivity contribution >= 4 is 17.7 Å². The Morgan fingerprint density at radius 2 is 1.72 bits per heavy atom. The lowest BCUT2D eigenvalue weighted by Gasteiger charge is -2.24. The molecule has 0 bridgehead atoms. The fourth-order valence-electron chi connectivity index (χ4n) is 3.41. The SMILES string of the molecule is COC(=O)c1c(C)c(C(=O)CN(Cc2ccc(F)cc2)C(=O)C(C)C)c(C)n1C. The third-order valence-corrected chi connectivity index (χ3v) is 5.01. The van der Waals surface area contributed by atoms with E-state index >= 15 is 0 Å². The first-order chi connectivity index (χ1) is 13.6. The van der Waals surface area contributed by atoms with Gasteiger partial charge in [-0.05, 0) is 37.1 Å². The molecule has 0 aliphatic heterocycles. The predicted molar refractivity (Wildman–Crippen MR) is 107 cm³/mol. The Balaban J connectivity index is 2.36. The second-order valence-corrected chi connectivity index (χ2v) is 7.38. The normalized spacial score (nSPS) is 10.9. The highest BCUT2D eigenvalue weighted by molar-refractivity contribution is 6.04. The summed E-state index contributed by atoms with van der Waals surface area (Å²) in [5, 5.41) is 0. The summed E-state index contributed by atoms with van der Waals surface area (Å²) < 4.78 is 19.6. The van der Waals surface area contributed by atoms with Crippen LogP contribution in [0.25, 0.3) is 0 Å². The number of rotatable bonds is 7. The summed E-state index contributed by atoms with van der Waals surface area (Å²) >= 11 is 0. The highest BCUT2D eigenvalue weighted by Crippen LogP contribution is 2.23. The molecule has 2 aromatic rings. The number of carbonyl (C=O) groups excluding carboxylic acids is 3. The number of halogens is 1. The van der Waals surface area contributed by atoms with Gasteiger partial charge < -0.3 is 14.2 Å². The monoisotopic (exact) mass is 402 g/mol. The Kier molecular flexibility index (Phi) is 6.95. The minimum Gasteiger partial charge on any atom is -0.464 e. The maximum Gasteiger partial charge on any atom is 0.354 e. The minimum atomic E-state index is -0.520. The lowest BCUT2D eigenvalue weighted by atomic mass is 10.0. The number of hydrogen-bond acceptors (Lipinski definition) is 4. The van der Waals surface area contributed by atoms with E-state index in [4.69, 9.17) is 4.74 Å². The molecule has 1 aromatic heterocycles. The summed E-state index contributed by atoms with van der Waals surface area (Å²) in [5.41, 5.74) is 2.61. The highest BCUT2D eigenvalue weighted by Gasteiger charge is 2.28. The maximum atomic E-state index is 13.2. The number of benzene rings is 1. The summed E-state index contributed by atoms with van der Waals surface area (Å²) in [4.78, 5) is 39.4. The zero-order valence-electron chi connectivity index (χ0n) is 17.7. The smallest absolute Gasteiger partial charge is 0.354 e. The van der Waals surface area contributed by atoms with Crippen molar-refractivity contribution in [3.8, 4) is 0 Å². The van der Waals surface area contributed by atoms with Crippen LogP contribution in [0.4, 0.5) is 4.39 Å². The fraction of sp³-hybridized carbons (Fsp3) is 0.409. The molecule has 0 radical (unpaired) electrons. The summed E-state index contributed by atoms with van der Waals surface area (Å²) in [7, 11) is 2.98. The van der Waals surface area contributed by atoms with Gasteiger partial charge in [0.2, 0.25) is 5.91 Å². The van der Waals surface area contributed by atoms with E-state index in [9.17, 15) is 18.8 Å². The van der Waals surface area contributed by atoms with Crippen molar-refractivity contribution in [2.24, 2.45) is 13.0 Å². The van der Waals surface area contributed by atoms with E-state index in [1.165, 1.54) is 24.1 Å². The molecular weight excluding hydrogens is 375 g/mol. The first kappa shape index (κ1) is 22.3. The topological polar surface area (TPSA) is 68.6 Å². The molecule has 0 spiro atoms. The lowest BCUT2D eigenvalue weighted by molar-refractivity contribution is -0.134. The van der Waals surface area contributed by atoms with Gasteiger partial charge in [-0.2, -0.15) is 0 Å². The quantitative estimate of drug-likeness (QED) is 0.526. The van der Waals surface area contributed by atoms with Crippen LogP contribution in [0.5, 0.6) is 0 Å². The summed E-state index contributed by atoms with van der Waals surface area (Å²) in [5.74, 6) is -1.62. The van der Waals surface area contributed by atoms with Gasteiger partial charge in [-0.1, -0.05) is 26.0 Å². The van der Waals surface area contributed by atoms with Crippen LogP contribution in [-0.2, 0) is 23.1 Å². The Morgan fingerprint density at radius 3 is 2.24 bits per heavy atom. The van der Waals surface area contributed by atoms with Crippen LogP contribution in [0.3, 0.4) is 0 Å². The number of aromatic nitrogens is 1. The van der Waals surface area contributed by atoms with E-state index in [0.29, 0.717) is 22.5 Å². The van der Waals surface area contributed by atoms with Gasteiger partial charge in [-0.15, -0.1) is 0 Å². The number of hydrogen-bond donors (Lipinski definition) is 0. The molecule has 0 aliphatic rings. The zero-order chi connectivity index (χ0) is 21.9. The van der Waals surface area contributed by atoms with Crippen LogP contribution in [0.1, 0.15) is 51.5 Å². The van der Waals surface area contributed by atoms with Gasteiger partial charge in [0, 0.05) is 30.8 Å². The predicted octanol–water partition coefficient (Wildman–Crippen LogP) is 3.44. The third-order valence-electron chi connectivity index (χ3n) is 5.01. The van der Waals surface area contributed by atoms with Crippen LogP contribution in [0.2, 0.25) is 0 Å². The molecule has 0 fully saturated rings. The van der Waals surface area contributed by atoms with Crippen LogP contribution in [0.15, 0.2) is 24.3 Å². The van der Waals surface area contributed by atoms with E-state index in [0.717, 1.165) is 5.56 Å². The van der Waals surface area contributed by atoms with Crippen molar-refractivity contribution in [1.82, 2.24) is 9.47 Å². The van der Waals surface area contributed by atoms with Crippen LogP contribution in [0, 0.1) is 25.6 Å². The Labute approximate surface area is 170 Å². The first-order valence-electron chi connectivity index (χ1n) is 9.39. The Hall–Kier alpha value is -2.96. The number of amides is 1. The average molecular weight is 402 g/mol.